The van der Waals surface area contributed by atoms with Gasteiger partial charge < -0.3 is 5.32 Å². The van der Waals surface area contributed by atoms with Gasteiger partial charge in [0, 0.05) is 12.1 Å². The van der Waals surface area contributed by atoms with Crippen LogP contribution in [0.3, 0.4) is 0 Å². The lowest BCUT2D eigenvalue weighted by Gasteiger charge is -2.27. The average molecular weight is 262 g/mol. The van der Waals surface area contributed by atoms with Crippen LogP contribution >= 0.6 is 0 Å². The molecule has 1 N–H and O–H groups in total. The van der Waals surface area contributed by atoms with Gasteiger partial charge in [-0.15, -0.1) is 0 Å². The fraction of sp³-hybridized carbons (Fsp3) is 0.500. The molecule has 1 aromatic carbocycles. The van der Waals surface area contributed by atoms with Gasteiger partial charge in [0.1, 0.15) is 5.56 Å². The number of nitrogens with one attached hydrogen (secondary N) is 1. The van der Waals surface area contributed by atoms with Gasteiger partial charge in [-0.25, -0.2) is 0 Å². The maximum atomic E-state index is 12.1. The summed E-state index contributed by atoms with van der Waals surface area (Å²) < 4.78 is 0. The molecule has 1 aromatic rings. The molecule has 0 aromatic heterocycles. The highest BCUT2D eigenvalue weighted by molar-refractivity contribution is 5.98. The molecule has 0 bridgehead atoms. The van der Waals surface area contributed by atoms with Crippen LogP contribution in [0, 0.1) is 16.0 Å². The van der Waals surface area contributed by atoms with Crippen molar-refractivity contribution in [3.63, 3.8) is 0 Å². The molecule has 5 nitrogen and oxygen atoms in total. The van der Waals surface area contributed by atoms with Crippen molar-refractivity contribution < 1.29 is 9.72 Å². The molecule has 0 aliphatic heterocycles. The summed E-state index contributed by atoms with van der Waals surface area (Å²) in [6, 6.07) is 6.21. The third-order valence-electron chi connectivity index (χ3n) is 3.62. The van der Waals surface area contributed by atoms with Crippen molar-refractivity contribution in [2.24, 2.45) is 5.92 Å². The summed E-state index contributed by atoms with van der Waals surface area (Å²) in [6.07, 6.45) is 4.20. The number of para-hydroxylation sites is 1. The quantitative estimate of drug-likeness (QED) is 0.672. The molecule has 0 saturated heterocycles. The van der Waals surface area contributed by atoms with E-state index in [0.717, 1.165) is 19.3 Å². The van der Waals surface area contributed by atoms with Crippen LogP contribution in [-0.2, 0) is 0 Å². The molecule has 102 valence electrons. The highest BCUT2D eigenvalue weighted by Crippen LogP contribution is 2.24. The van der Waals surface area contributed by atoms with E-state index in [2.05, 4.69) is 12.2 Å². The Morgan fingerprint density at radius 2 is 2.11 bits per heavy atom. The van der Waals surface area contributed by atoms with E-state index in [9.17, 15) is 14.9 Å². The summed E-state index contributed by atoms with van der Waals surface area (Å²) in [5.41, 5.74) is 0.00887. The number of rotatable bonds is 3. The lowest BCUT2D eigenvalue weighted by Crippen LogP contribution is -2.38. The van der Waals surface area contributed by atoms with E-state index < -0.39 is 4.92 Å². The molecule has 1 fully saturated rings. The Bertz CT molecular complexity index is 487. The Hall–Kier alpha value is -1.91. The van der Waals surface area contributed by atoms with Crippen LogP contribution in [0.5, 0.6) is 0 Å². The van der Waals surface area contributed by atoms with E-state index in [-0.39, 0.29) is 23.2 Å². The first-order valence-electron chi connectivity index (χ1n) is 6.62. The summed E-state index contributed by atoms with van der Waals surface area (Å²) >= 11 is 0. The van der Waals surface area contributed by atoms with E-state index >= 15 is 0 Å². The highest BCUT2D eigenvalue weighted by Gasteiger charge is 2.24. The van der Waals surface area contributed by atoms with E-state index in [4.69, 9.17) is 0 Å². The monoisotopic (exact) mass is 262 g/mol. The second-order valence-electron chi connectivity index (χ2n) is 5.22. The molecule has 1 saturated carbocycles. The Morgan fingerprint density at radius 1 is 1.37 bits per heavy atom. The first-order chi connectivity index (χ1) is 9.08. The fourth-order valence-electron chi connectivity index (χ4n) is 2.65. The topological polar surface area (TPSA) is 72.2 Å². The summed E-state index contributed by atoms with van der Waals surface area (Å²) in [5, 5.41) is 13.8. The molecule has 2 unspecified atom stereocenters. The molecule has 0 spiro atoms. The van der Waals surface area contributed by atoms with Crippen LogP contribution < -0.4 is 5.32 Å². The van der Waals surface area contributed by atoms with Gasteiger partial charge in [0.2, 0.25) is 0 Å². The molecular weight excluding hydrogens is 244 g/mol. The summed E-state index contributed by atoms with van der Waals surface area (Å²) in [5.74, 6) is 0.260. The van der Waals surface area contributed by atoms with Crippen molar-refractivity contribution in [2.45, 2.75) is 38.6 Å². The van der Waals surface area contributed by atoms with Crippen LogP contribution in [0.1, 0.15) is 43.0 Å². The first-order valence-corrected chi connectivity index (χ1v) is 6.62. The van der Waals surface area contributed by atoms with Crippen molar-refractivity contribution in [1.82, 2.24) is 5.32 Å². The second kappa shape index (κ2) is 5.82. The maximum Gasteiger partial charge on any atom is 0.282 e. The van der Waals surface area contributed by atoms with E-state index in [0.29, 0.717) is 5.92 Å². The number of benzene rings is 1. The predicted octanol–water partition coefficient (Wildman–Crippen LogP) is 2.90. The summed E-state index contributed by atoms with van der Waals surface area (Å²) in [4.78, 5) is 22.5. The fourth-order valence-corrected chi connectivity index (χ4v) is 2.65. The Balaban J connectivity index is 2.09. The van der Waals surface area contributed by atoms with Crippen molar-refractivity contribution in [1.29, 1.82) is 0 Å². The van der Waals surface area contributed by atoms with Crippen molar-refractivity contribution in [3.05, 3.63) is 39.9 Å². The molecule has 1 amide bonds. The van der Waals surface area contributed by atoms with Gasteiger partial charge in [-0.1, -0.05) is 31.9 Å². The highest BCUT2D eigenvalue weighted by atomic mass is 16.6. The van der Waals surface area contributed by atoms with Gasteiger partial charge in [0.25, 0.3) is 11.6 Å². The lowest BCUT2D eigenvalue weighted by atomic mass is 9.87. The minimum atomic E-state index is -0.515. The number of nitro groups is 1. The van der Waals surface area contributed by atoms with Crippen molar-refractivity contribution in [3.8, 4) is 0 Å². The molecule has 0 radical (unpaired) electrons. The zero-order valence-corrected chi connectivity index (χ0v) is 11.0. The van der Waals surface area contributed by atoms with Gasteiger partial charge in [-0.2, -0.15) is 0 Å². The number of carbonyl (C=O) groups is 1. The molecular formula is C14H18N2O3. The Morgan fingerprint density at radius 3 is 2.79 bits per heavy atom. The number of nitrogens with zero attached hydrogens (tertiary/aromatic N) is 1. The second-order valence-corrected chi connectivity index (χ2v) is 5.22. The lowest BCUT2D eigenvalue weighted by molar-refractivity contribution is -0.385. The summed E-state index contributed by atoms with van der Waals surface area (Å²) in [6.45, 7) is 2.17. The number of nitro benzene ring substituents is 1. The van der Waals surface area contributed by atoms with Crippen molar-refractivity contribution in [2.75, 3.05) is 0 Å². The van der Waals surface area contributed by atoms with Gasteiger partial charge in [-0.3, -0.25) is 14.9 Å². The number of amides is 1. The molecule has 1 aliphatic carbocycles. The van der Waals surface area contributed by atoms with Crippen LogP contribution in [-0.4, -0.2) is 16.9 Å². The minimum absolute atomic E-state index is 0.135. The SMILES string of the molecule is CC1CCCC(NC(=O)c2ccccc2[N+](=O)[O-])C1. The van der Waals surface area contributed by atoms with Crippen LogP contribution in [0.4, 0.5) is 5.69 Å². The van der Waals surface area contributed by atoms with Gasteiger partial charge >= 0.3 is 0 Å². The van der Waals surface area contributed by atoms with Crippen LogP contribution in [0.15, 0.2) is 24.3 Å². The normalized spacial score (nSPS) is 22.8. The third-order valence-corrected chi connectivity index (χ3v) is 3.62. The third kappa shape index (κ3) is 3.30. The largest absolute Gasteiger partial charge is 0.349 e. The summed E-state index contributed by atoms with van der Waals surface area (Å²) in [7, 11) is 0. The zero-order chi connectivity index (χ0) is 13.8. The molecule has 5 heteroatoms. The molecule has 2 atom stereocenters. The number of hydrogen-bond acceptors (Lipinski definition) is 3. The van der Waals surface area contributed by atoms with Gasteiger partial charge in [0.15, 0.2) is 0 Å². The minimum Gasteiger partial charge on any atom is -0.349 e. The smallest absolute Gasteiger partial charge is 0.282 e. The number of carbonyl (C=O) groups excluding carboxylic acids is 1. The van der Waals surface area contributed by atoms with Crippen molar-refractivity contribution >= 4 is 11.6 Å². The van der Waals surface area contributed by atoms with Crippen LogP contribution in [0.25, 0.3) is 0 Å². The van der Waals surface area contributed by atoms with Gasteiger partial charge in [-0.05, 0) is 24.8 Å². The molecule has 19 heavy (non-hydrogen) atoms. The molecule has 1 aliphatic rings. The van der Waals surface area contributed by atoms with Crippen LogP contribution in [0.2, 0.25) is 0 Å². The maximum absolute atomic E-state index is 12.1. The first kappa shape index (κ1) is 13.5. The van der Waals surface area contributed by atoms with E-state index in [1.54, 1.807) is 12.1 Å². The Labute approximate surface area is 112 Å². The van der Waals surface area contributed by atoms with E-state index in [1.807, 2.05) is 0 Å². The Kier molecular flexibility index (Phi) is 4.14. The predicted molar refractivity (Wildman–Crippen MR) is 72.0 cm³/mol. The average Bonchev–Trinajstić information content (AvgIpc) is 2.38. The molecule has 0 heterocycles. The standard InChI is InChI=1S/C14H18N2O3/c1-10-5-4-6-11(9-10)15-14(17)12-7-2-3-8-13(12)16(18)19/h2-3,7-8,10-11H,4-6,9H2,1H3,(H,15,17). The van der Waals surface area contributed by atoms with E-state index in [1.165, 1.54) is 18.6 Å². The van der Waals surface area contributed by atoms with Gasteiger partial charge in [0.05, 0.1) is 4.92 Å². The molecule has 2 rings (SSSR count). The zero-order valence-electron chi connectivity index (χ0n) is 11.0. The number of hydrogen-bond donors (Lipinski definition) is 1.